The molecule has 0 atom stereocenters. The van der Waals surface area contributed by atoms with E-state index in [0.29, 0.717) is 12.0 Å². The maximum atomic E-state index is 4.38. The van der Waals surface area contributed by atoms with Crippen molar-refractivity contribution in [1.82, 2.24) is 15.3 Å². The zero-order valence-corrected chi connectivity index (χ0v) is 15.3. The number of anilines is 1. The molecule has 1 aliphatic rings. The molecule has 0 radical (unpaired) electrons. The quantitative estimate of drug-likeness (QED) is 0.469. The van der Waals surface area contributed by atoms with Crippen molar-refractivity contribution in [2.75, 3.05) is 25.0 Å². The fourth-order valence-electron chi connectivity index (χ4n) is 2.81. The lowest BCUT2D eigenvalue weighted by molar-refractivity contribution is 0.372. The molecule has 0 saturated heterocycles. The van der Waals surface area contributed by atoms with Crippen molar-refractivity contribution in [1.29, 1.82) is 0 Å². The van der Waals surface area contributed by atoms with Gasteiger partial charge in [-0.3, -0.25) is 0 Å². The predicted octanol–water partition coefficient (Wildman–Crippen LogP) is 3.40. The van der Waals surface area contributed by atoms with Gasteiger partial charge < -0.3 is 10.2 Å². The van der Waals surface area contributed by atoms with E-state index in [1.165, 1.54) is 0 Å². The predicted molar refractivity (Wildman–Crippen MR) is 99.3 cm³/mol. The summed E-state index contributed by atoms with van der Waals surface area (Å²) in [5, 5.41) is 3.31. The average molecular weight is 377 g/mol. The molecule has 1 aromatic rings. The molecular weight excluding hydrogens is 352 g/mol. The van der Waals surface area contributed by atoms with Gasteiger partial charge in [0.2, 0.25) is 5.95 Å². The van der Waals surface area contributed by atoms with Crippen molar-refractivity contribution >= 4 is 21.9 Å². The molecule has 0 amide bonds. The number of aromatic nitrogens is 2. The minimum absolute atomic E-state index is 0.514. The van der Waals surface area contributed by atoms with Crippen LogP contribution in [-0.2, 0) is 0 Å². The third kappa shape index (κ3) is 5.96. The first-order chi connectivity index (χ1) is 11.2. The summed E-state index contributed by atoms with van der Waals surface area (Å²) in [4.78, 5) is 11.0. The Hall–Kier alpha value is -1.38. The van der Waals surface area contributed by atoms with Crippen molar-refractivity contribution in [2.45, 2.75) is 38.1 Å². The van der Waals surface area contributed by atoms with E-state index >= 15 is 0 Å². The summed E-state index contributed by atoms with van der Waals surface area (Å²) < 4.78 is 0.912. The summed E-state index contributed by atoms with van der Waals surface area (Å²) in [6.45, 7) is 5.45. The summed E-state index contributed by atoms with van der Waals surface area (Å²) in [5.41, 5.74) is 0. The Morgan fingerprint density at radius 3 is 2.70 bits per heavy atom. The van der Waals surface area contributed by atoms with Crippen LogP contribution in [0.15, 0.2) is 29.5 Å². The molecule has 0 unspecified atom stereocenters. The number of nitrogens with zero attached hydrogens (tertiary/aromatic N) is 3. The van der Waals surface area contributed by atoms with Crippen LogP contribution in [0.1, 0.15) is 32.1 Å². The van der Waals surface area contributed by atoms with E-state index in [-0.39, 0.29) is 0 Å². The smallest absolute Gasteiger partial charge is 0.225 e. The van der Waals surface area contributed by atoms with Crippen LogP contribution in [0.2, 0.25) is 0 Å². The molecule has 1 heterocycles. The molecule has 1 fully saturated rings. The van der Waals surface area contributed by atoms with E-state index in [1.54, 1.807) is 12.4 Å². The molecule has 4 nitrogen and oxygen atoms in total. The minimum atomic E-state index is 0.514. The number of nitrogens with one attached hydrogen (secondary N) is 1. The van der Waals surface area contributed by atoms with Crippen LogP contribution >= 0.6 is 15.9 Å². The zero-order chi connectivity index (χ0) is 16.5. The minimum Gasteiger partial charge on any atom is -0.341 e. The highest BCUT2D eigenvalue weighted by Crippen LogP contribution is 2.28. The van der Waals surface area contributed by atoms with Gasteiger partial charge in [0.05, 0.1) is 11.0 Å². The van der Waals surface area contributed by atoms with Crippen molar-refractivity contribution in [3.8, 4) is 11.8 Å². The van der Waals surface area contributed by atoms with Crippen molar-refractivity contribution in [3.63, 3.8) is 0 Å². The van der Waals surface area contributed by atoms with Crippen LogP contribution < -0.4 is 10.2 Å². The van der Waals surface area contributed by atoms with Crippen molar-refractivity contribution in [3.05, 3.63) is 29.5 Å². The first-order valence-corrected chi connectivity index (χ1v) is 9.00. The van der Waals surface area contributed by atoms with E-state index < -0.39 is 0 Å². The normalized spacial score (nSPS) is 20.4. The highest BCUT2D eigenvalue weighted by atomic mass is 79.9. The lowest BCUT2D eigenvalue weighted by Gasteiger charge is -2.33. The number of rotatable bonds is 6. The Bertz CT molecular complexity index is 538. The standard InChI is InChI=1S/C18H25BrN4/c1-3-4-11-20-12-5-6-15-7-9-17(10-8-15)23(2)18-21-13-16(19)14-22-18/h3,13-15,17,20H,1,4,7-12H2,2H3. The van der Waals surface area contributed by atoms with Gasteiger partial charge >= 0.3 is 0 Å². The van der Waals surface area contributed by atoms with Gasteiger partial charge in [0.1, 0.15) is 0 Å². The molecule has 1 saturated carbocycles. The molecule has 0 aliphatic heterocycles. The Kier molecular flexibility index (Phi) is 7.57. The zero-order valence-electron chi connectivity index (χ0n) is 13.8. The molecule has 1 aliphatic carbocycles. The van der Waals surface area contributed by atoms with Gasteiger partial charge in [0.15, 0.2) is 0 Å². The van der Waals surface area contributed by atoms with Crippen LogP contribution in [0.25, 0.3) is 0 Å². The van der Waals surface area contributed by atoms with Gasteiger partial charge in [-0.2, -0.15) is 0 Å². The van der Waals surface area contributed by atoms with Crippen LogP contribution in [-0.4, -0.2) is 36.1 Å². The Labute approximate surface area is 147 Å². The Morgan fingerprint density at radius 2 is 2.04 bits per heavy atom. The Morgan fingerprint density at radius 1 is 1.35 bits per heavy atom. The van der Waals surface area contributed by atoms with Crippen molar-refractivity contribution < 1.29 is 0 Å². The molecule has 5 heteroatoms. The summed E-state index contributed by atoms with van der Waals surface area (Å²) in [6.07, 6.45) is 11.1. The van der Waals surface area contributed by atoms with E-state index in [9.17, 15) is 0 Å². The third-order valence-electron chi connectivity index (χ3n) is 4.21. The van der Waals surface area contributed by atoms with Crippen LogP contribution in [0.5, 0.6) is 0 Å². The molecule has 124 valence electrons. The maximum Gasteiger partial charge on any atom is 0.225 e. The SMILES string of the molecule is C=CCCNCC#CC1CCC(N(C)c2ncc(Br)cn2)CC1. The number of hydrogen-bond acceptors (Lipinski definition) is 4. The Balaban J connectivity index is 1.74. The van der Waals surface area contributed by atoms with E-state index in [4.69, 9.17) is 0 Å². The second-order valence-electron chi connectivity index (χ2n) is 5.89. The van der Waals surface area contributed by atoms with Gasteiger partial charge in [-0.1, -0.05) is 17.9 Å². The largest absolute Gasteiger partial charge is 0.341 e. The second kappa shape index (κ2) is 9.69. The van der Waals surface area contributed by atoms with Crippen LogP contribution in [0.3, 0.4) is 0 Å². The first kappa shape index (κ1) is 18.0. The monoisotopic (exact) mass is 376 g/mol. The lowest BCUT2D eigenvalue weighted by Crippen LogP contribution is -2.36. The van der Waals surface area contributed by atoms with E-state index in [2.05, 4.69) is 61.6 Å². The lowest BCUT2D eigenvalue weighted by atomic mass is 9.86. The molecule has 1 N–H and O–H groups in total. The summed E-state index contributed by atoms with van der Waals surface area (Å²) in [5.74, 6) is 8.00. The summed E-state index contributed by atoms with van der Waals surface area (Å²) in [6, 6.07) is 0.514. The topological polar surface area (TPSA) is 41.0 Å². The van der Waals surface area contributed by atoms with Gasteiger partial charge in [0, 0.05) is 31.4 Å². The molecule has 23 heavy (non-hydrogen) atoms. The van der Waals surface area contributed by atoms with Crippen LogP contribution in [0, 0.1) is 17.8 Å². The molecule has 1 aromatic heterocycles. The molecular formula is C18H25BrN4. The van der Waals surface area contributed by atoms with Crippen LogP contribution in [0.4, 0.5) is 5.95 Å². The maximum absolute atomic E-state index is 4.38. The van der Waals surface area contributed by atoms with Gasteiger partial charge in [-0.05, 0) is 54.6 Å². The fraction of sp³-hybridized carbons (Fsp3) is 0.556. The summed E-state index contributed by atoms with van der Waals surface area (Å²) in [7, 11) is 2.09. The highest BCUT2D eigenvalue weighted by molar-refractivity contribution is 9.10. The van der Waals surface area contributed by atoms with Gasteiger partial charge in [-0.25, -0.2) is 9.97 Å². The highest BCUT2D eigenvalue weighted by Gasteiger charge is 2.24. The molecule has 2 rings (SSSR count). The van der Waals surface area contributed by atoms with Crippen molar-refractivity contribution in [2.24, 2.45) is 5.92 Å². The second-order valence-corrected chi connectivity index (χ2v) is 6.81. The fourth-order valence-corrected chi connectivity index (χ4v) is 3.01. The molecule has 0 spiro atoms. The molecule has 0 bridgehead atoms. The number of halogens is 1. The third-order valence-corrected chi connectivity index (χ3v) is 4.62. The van der Waals surface area contributed by atoms with Gasteiger partial charge in [0.25, 0.3) is 0 Å². The average Bonchev–Trinajstić information content (AvgIpc) is 2.58. The van der Waals surface area contributed by atoms with E-state index in [1.807, 2.05) is 6.08 Å². The summed E-state index contributed by atoms with van der Waals surface area (Å²) >= 11 is 3.37. The van der Waals surface area contributed by atoms with Gasteiger partial charge in [-0.15, -0.1) is 6.58 Å². The molecule has 0 aromatic carbocycles. The van der Waals surface area contributed by atoms with E-state index in [0.717, 1.165) is 55.6 Å². The number of hydrogen-bond donors (Lipinski definition) is 1. The first-order valence-electron chi connectivity index (χ1n) is 8.21.